The second-order valence-corrected chi connectivity index (χ2v) is 9.78. The number of nitrogens with one attached hydrogen (secondary N) is 3. The second-order valence-electron chi connectivity index (χ2n) is 9.35. The molecule has 0 aromatic heterocycles. The van der Waals surface area contributed by atoms with Gasteiger partial charge in [0.25, 0.3) is 0 Å². The Balaban J connectivity index is 1.45. The summed E-state index contributed by atoms with van der Waals surface area (Å²) in [6, 6.07) is 19.8. The largest absolute Gasteiger partial charge is 0.497 e. The summed E-state index contributed by atoms with van der Waals surface area (Å²) in [6.07, 6.45) is -0.158. The van der Waals surface area contributed by atoms with Gasteiger partial charge in [0.2, 0.25) is 5.91 Å². The highest BCUT2D eigenvalue weighted by Gasteiger charge is 2.40. The fourth-order valence-corrected chi connectivity index (χ4v) is 4.98. The average Bonchev–Trinajstić information content (AvgIpc) is 3.25. The molecular formula is C27H29BClN5O4. The first-order valence-corrected chi connectivity index (χ1v) is 12.7. The number of aliphatic imine (C=N–C) groups is 1. The standard InChI is InChI=1S/C27H29BClN5O4/c1-16-32-33-27-23(14-25(35)30-15-17-3-7-19(8-4-17)28(36)37)31-26(18-5-9-20(29)10-6-18)22-13-21(38-2)11-12-24(22)34(16)27/h3-13,16,23,27,32-33,36-37H,14-15H2,1-2H3,(H,30,35). The predicted octanol–water partition coefficient (Wildman–Crippen LogP) is 1.54. The molecule has 196 valence electrons. The maximum absolute atomic E-state index is 13.1. The van der Waals surface area contributed by atoms with Crippen LogP contribution in [0.25, 0.3) is 0 Å². The molecule has 5 N–H and O–H groups in total. The van der Waals surface area contributed by atoms with Crippen molar-refractivity contribution in [3.05, 3.63) is 88.4 Å². The van der Waals surface area contributed by atoms with Crippen LogP contribution in [-0.2, 0) is 11.3 Å². The number of amides is 1. The molecular weight excluding hydrogens is 505 g/mol. The third kappa shape index (κ3) is 5.40. The van der Waals surface area contributed by atoms with Gasteiger partial charge in [-0.05, 0) is 48.3 Å². The number of methoxy groups -OCH3 is 1. The van der Waals surface area contributed by atoms with E-state index < -0.39 is 13.2 Å². The lowest BCUT2D eigenvalue weighted by Gasteiger charge is -2.31. The van der Waals surface area contributed by atoms with Gasteiger partial charge in [-0.2, -0.15) is 0 Å². The maximum Gasteiger partial charge on any atom is 0.488 e. The third-order valence-corrected chi connectivity index (χ3v) is 7.09. The van der Waals surface area contributed by atoms with Crippen molar-refractivity contribution in [2.75, 3.05) is 12.0 Å². The molecule has 0 spiro atoms. The molecule has 3 aromatic rings. The topological polar surface area (TPSA) is 118 Å². The fraction of sp³-hybridized carbons (Fsp3) is 0.259. The number of halogens is 1. The van der Waals surface area contributed by atoms with Crippen LogP contribution in [0.5, 0.6) is 5.75 Å². The van der Waals surface area contributed by atoms with Gasteiger partial charge in [0.1, 0.15) is 11.9 Å². The van der Waals surface area contributed by atoms with Crippen molar-refractivity contribution >= 4 is 41.5 Å². The van der Waals surface area contributed by atoms with Crippen molar-refractivity contribution in [3.63, 3.8) is 0 Å². The summed E-state index contributed by atoms with van der Waals surface area (Å²) in [4.78, 5) is 20.5. The van der Waals surface area contributed by atoms with Crippen molar-refractivity contribution in [2.45, 2.75) is 38.3 Å². The molecule has 0 bridgehead atoms. The van der Waals surface area contributed by atoms with Gasteiger partial charge in [0, 0.05) is 28.4 Å². The lowest BCUT2D eigenvalue weighted by atomic mass is 9.80. The minimum Gasteiger partial charge on any atom is -0.497 e. The molecule has 5 rings (SSSR count). The molecule has 3 aromatic carbocycles. The predicted molar refractivity (Wildman–Crippen MR) is 149 cm³/mol. The molecule has 2 heterocycles. The molecule has 3 unspecified atom stereocenters. The minimum absolute atomic E-state index is 0.0436. The van der Waals surface area contributed by atoms with E-state index in [-0.39, 0.29) is 24.7 Å². The van der Waals surface area contributed by atoms with Crippen LogP contribution in [0.3, 0.4) is 0 Å². The Morgan fingerprint density at radius 1 is 1.11 bits per heavy atom. The van der Waals surface area contributed by atoms with Crippen LogP contribution < -0.4 is 31.3 Å². The van der Waals surface area contributed by atoms with E-state index in [1.54, 1.807) is 31.4 Å². The van der Waals surface area contributed by atoms with E-state index in [4.69, 9.17) is 21.3 Å². The summed E-state index contributed by atoms with van der Waals surface area (Å²) >= 11 is 6.17. The van der Waals surface area contributed by atoms with Gasteiger partial charge in [0.05, 0.1) is 31.4 Å². The second kappa shape index (κ2) is 11.1. The molecule has 0 saturated carbocycles. The van der Waals surface area contributed by atoms with Gasteiger partial charge in [-0.25, -0.2) is 10.9 Å². The number of fused-ring (bicyclic) bond motifs is 3. The van der Waals surface area contributed by atoms with Gasteiger partial charge < -0.3 is 25.0 Å². The van der Waals surface area contributed by atoms with Crippen molar-refractivity contribution < 1.29 is 19.6 Å². The molecule has 38 heavy (non-hydrogen) atoms. The number of hydrogen-bond donors (Lipinski definition) is 5. The Bertz CT molecular complexity index is 1340. The Labute approximate surface area is 226 Å². The molecule has 0 aliphatic carbocycles. The van der Waals surface area contributed by atoms with Crippen LogP contribution in [0.15, 0.2) is 71.7 Å². The Kier molecular flexibility index (Phi) is 7.69. The third-order valence-electron chi connectivity index (χ3n) is 6.83. The number of anilines is 1. The lowest BCUT2D eigenvalue weighted by molar-refractivity contribution is -0.121. The zero-order valence-corrected chi connectivity index (χ0v) is 21.8. The summed E-state index contributed by atoms with van der Waals surface area (Å²) in [5, 5.41) is 22.2. The highest BCUT2D eigenvalue weighted by molar-refractivity contribution is 6.58. The molecule has 1 amide bonds. The number of hydrazine groups is 1. The quantitative estimate of drug-likeness (QED) is 0.292. The number of carbonyl (C=O) groups is 1. The fourth-order valence-electron chi connectivity index (χ4n) is 4.85. The minimum atomic E-state index is -1.52. The molecule has 1 saturated heterocycles. The van der Waals surface area contributed by atoms with Crippen LogP contribution in [0.1, 0.15) is 30.0 Å². The summed E-state index contributed by atoms with van der Waals surface area (Å²) in [5.74, 6) is 0.566. The van der Waals surface area contributed by atoms with E-state index in [2.05, 4.69) is 28.0 Å². The molecule has 9 nitrogen and oxygen atoms in total. The molecule has 3 atom stereocenters. The van der Waals surface area contributed by atoms with Gasteiger partial charge in [-0.1, -0.05) is 48.0 Å². The number of ether oxygens (including phenoxy) is 1. The van der Waals surface area contributed by atoms with Crippen molar-refractivity contribution in [3.8, 4) is 5.75 Å². The van der Waals surface area contributed by atoms with E-state index in [0.29, 0.717) is 22.8 Å². The normalized spacial score (nSPS) is 20.2. The van der Waals surface area contributed by atoms with Crippen LogP contribution in [0.2, 0.25) is 5.02 Å². The van der Waals surface area contributed by atoms with E-state index in [0.717, 1.165) is 28.1 Å². The molecule has 1 fully saturated rings. The van der Waals surface area contributed by atoms with Crippen LogP contribution in [0.4, 0.5) is 5.69 Å². The van der Waals surface area contributed by atoms with E-state index in [9.17, 15) is 14.8 Å². The average molecular weight is 534 g/mol. The lowest BCUT2D eigenvalue weighted by Crippen LogP contribution is -2.47. The zero-order valence-electron chi connectivity index (χ0n) is 21.1. The number of benzene rings is 3. The first kappa shape index (κ1) is 26.2. The first-order chi connectivity index (χ1) is 18.3. The van der Waals surface area contributed by atoms with Gasteiger partial charge in [-0.3, -0.25) is 9.79 Å². The van der Waals surface area contributed by atoms with Gasteiger partial charge in [-0.15, -0.1) is 0 Å². The van der Waals surface area contributed by atoms with E-state index >= 15 is 0 Å². The number of nitrogens with zero attached hydrogens (tertiary/aromatic N) is 2. The highest BCUT2D eigenvalue weighted by atomic mass is 35.5. The van der Waals surface area contributed by atoms with Crippen LogP contribution >= 0.6 is 11.6 Å². The van der Waals surface area contributed by atoms with Gasteiger partial charge in [0.15, 0.2) is 0 Å². The monoisotopic (exact) mass is 533 g/mol. The first-order valence-electron chi connectivity index (χ1n) is 12.4. The van der Waals surface area contributed by atoms with Crippen molar-refractivity contribution in [2.24, 2.45) is 4.99 Å². The van der Waals surface area contributed by atoms with Crippen molar-refractivity contribution in [1.82, 2.24) is 16.2 Å². The van der Waals surface area contributed by atoms with E-state index in [1.165, 1.54) is 0 Å². The molecule has 2 aliphatic rings. The van der Waals surface area contributed by atoms with Crippen molar-refractivity contribution in [1.29, 1.82) is 0 Å². The van der Waals surface area contributed by atoms with Crippen LogP contribution in [-0.4, -0.2) is 54.3 Å². The number of hydrogen-bond acceptors (Lipinski definition) is 8. The zero-order chi connectivity index (χ0) is 26.8. The van der Waals surface area contributed by atoms with Gasteiger partial charge >= 0.3 is 7.12 Å². The maximum atomic E-state index is 13.1. The SMILES string of the molecule is COc1ccc2c(c1)C(c1ccc(Cl)cc1)=NC(CC(=O)NCc1ccc(B(O)O)cc1)C1NNC(C)N21. The Morgan fingerprint density at radius 2 is 1.84 bits per heavy atom. The highest BCUT2D eigenvalue weighted by Crippen LogP contribution is 2.36. The van der Waals surface area contributed by atoms with E-state index in [1.807, 2.05) is 42.5 Å². The smallest absolute Gasteiger partial charge is 0.488 e. The summed E-state index contributed by atoms with van der Waals surface area (Å²) in [5.41, 5.74) is 11.4. The summed E-state index contributed by atoms with van der Waals surface area (Å²) < 4.78 is 5.53. The number of rotatable bonds is 7. The number of carbonyl (C=O) groups excluding carboxylic acids is 1. The summed E-state index contributed by atoms with van der Waals surface area (Å²) in [6.45, 7) is 2.37. The Morgan fingerprint density at radius 3 is 2.53 bits per heavy atom. The van der Waals surface area contributed by atoms with Crippen LogP contribution in [0, 0.1) is 0 Å². The molecule has 0 radical (unpaired) electrons. The molecule has 2 aliphatic heterocycles. The molecule has 11 heteroatoms. The Hall–Kier alpha value is -3.41. The summed E-state index contributed by atoms with van der Waals surface area (Å²) in [7, 11) is 0.109.